The van der Waals surface area contributed by atoms with Crippen molar-refractivity contribution in [3.63, 3.8) is 0 Å². The third-order valence-corrected chi connectivity index (χ3v) is 2.26. The fraction of sp³-hybridized carbons (Fsp3) is 0.231. The van der Waals surface area contributed by atoms with Gasteiger partial charge in [-0.15, -0.1) is 0 Å². The van der Waals surface area contributed by atoms with Gasteiger partial charge in [0.25, 0.3) is 0 Å². The lowest BCUT2D eigenvalue weighted by Gasteiger charge is -2.11. The number of anilines is 1. The van der Waals surface area contributed by atoms with Crippen LogP contribution in [0, 0.1) is 0 Å². The molecule has 4 nitrogen and oxygen atoms in total. The van der Waals surface area contributed by atoms with Crippen molar-refractivity contribution in [2.24, 2.45) is 0 Å². The average molecular weight is 230 g/mol. The van der Waals surface area contributed by atoms with Gasteiger partial charge in [0.2, 0.25) is 0 Å². The summed E-state index contributed by atoms with van der Waals surface area (Å²) in [6.45, 7) is 3.62. The summed E-state index contributed by atoms with van der Waals surface area (Å²) in [6.07, 6.45) is 2.86. The van der Waals surface area contributed by atoms with Gasteiger partial charge in [-0.1, -0.05) is 12.1 Å². The van der Waals surface area contributed by atoms with Gasteiger partial charge in [-0.2, -0.15) is 0 Å². The van der Waals surface area contributed by atoms with Crippen LogP contribution in [0.1, 0.15) is 13.8 Å². The molecule has 0 bridgehead atoms. The van der Waals surface area contributed by atoms with Gasteiger partial charge in [0.05, 0.1) is 11.8 Å². The second-order valence-corrected chi connectivity index (χ2v) is 3.98. The molecule has 1 N–H and O–H groups in total. The molecule has 0 radical (unpaired) electrons. The SMILES string of the molecule is CC(C)OC(=O)Nc1cccc2ccncc12. The van der Waals surface area contributed by atoms with Gasteiger partial charge in [0.1, 0.15) is 0 Å². The van der Waals surface area contributed by atoms with Crippen LogP contribution < -0.4 is 5.32 Å². The molecule has 2 rings (SSSR count). The normalized spacial score (nSPS) is 10.5. The van der Waals surface area contributed by atoms with E-state index in [0.29, 0.717) is 5.69 Å². The Kier molecular flexibility index (Phi) is 3.23. The number of amides is 1. The van der Waals surface area contributed by atoms with E-state index in [2.05, 4.69) is 10.3 Å². The minimum atomic E-state index is -0.448. The molecule has 0 aliphatic heterocycles. The molecule has 0 fully saturated rings. The van der Waals surface area contributed by atoms with Crippen molar-refractivity contribution in [2.75, 3.05) is 5.32 Å². The van der Waals surface area contributed by atoms with Crippen LogP contribution in [0.25, 0.3) is 10.8 Å². The lowest BCUT2D eigenvalue weighted by molar-refractivity contribution is 0.130. The zero-order chi connectivity index (χ0) is 12.3. The highest BCUT2D eigenvalue weighted by molar-refractivity contribution is 5.99. The maximum Gasteiger partial charge on any atom is 0.411 e. The van der Waals surface area contributed by atoms with E-state index in [1.165, 1.54) is 0 Å². The number of carbonyl (C=O) groups is 1. The highest BCUT2D eigenvalue weighted by atomic mass is 16.6. The molecular formula is C13H14N2O2. The summed E-state index contributed by atoms with van der Waals surface area (Å²) in [7, 11) is 0. The summed E-state index contributed by atoms with van der Waals surface area (Å²) in [5, 5.41) is 4.64. The van der Waals surface area contributed by atoms with Crippen LogP contribution in [-0.2, 0) is 4.74 Å². The van der Waals surface area contributed by atoms with Crippen molar-refractivity contribution in [3.05, 3.63) is 36.7 Å². The van der Waals surface area contributed by atoms with Gasteiger partial charge < -0.3 is 4.74 Å². The molecule has 4 heteroatoms. The van der Waals surface area contributed by atoms with Gasteiger partial charge in [0.15, 0.2) is 0 Å². The molecule has 17 heavy (non-hydrogen) atoms. The van der Waals surface area contributed by atoms with Crippen LogP contribution in [0.5, 0.6) is 0 Å². The number of carbonyl (C=O) groups excluding carboxylic acids is 1. The predicted molar refractivity (Wildman–Crippen MR) is 67.0 cm³/mol. The average Bonchev–Trinajstić information content (AvgIpc) is 2.28. The van der Waals surface area contributed by atoms with Crippen LogP contribution in [0.3, 0.4) is 0 Å². The fourth-order valence-electron chi connectivity index (χ4n) is 1.58. The number of hydrogen-bond acceptors (Lipinski definition) is 3. The van der Waals surface area contributed by atoms with E-state index in [9.17, 15) is 4.79 Å². The Bertz CT molecular complexity index is 532. The Labute approximate surface area is 99.6 Å². The number of pyridine rings is 1. The first kappa shape index (κ1) is 11.4. The molecule has 1 aromatic carbocycles. The number of rotatable bonds is 2. The minimum absolute atomic E-state index is 0.136. The molecule has 0 saturated heterocycles. The maximum absolute atomic E-state index is 11.5. The molecule has 0 aliphatic rings. The summed E-state index contributed by atoms with van der Waals surface area (Å²) in [4.78, 5) is 15.6. The number of aromatic nitrogens is 1. The molecule has 2 aromatic rings. The molecule has 0 aliphatic carbocycles. The first-order valence-corrected chi connectivity index (χ1v) is 5.47. The fourth-order valence-corrected chi connectivity index (χ4v) is 1.58. The van der Waals surface area contributed by atoms with Gasteiger partial charge in [-0.3, -0.25) is 10.3 Å². The molecule has 1 amide bonds. The molecule has 0 unspecified atom stereocenters. The molecule has 1 aromatic heterocycles. The lowest BCUT2D eigenvalue weighted by Crippen LogP contribution is -2.18. The largest absolute Gasteiger partial charge is 0.447 e. The molecule has 88 valence electrons. The van der Waals surface area contributed by atoms with E-state index in [1.807, 2.05) is 38.1 Å². The van der Waals surface area contributed by atoms with Crippen LogP contribution in [-0.4, -0.2) is 17.2 Å². The number of ether oxygens (including phenoxy) is 1. The second kappa shape index (κ2) is 4.82. The summed E-state index contributed by atoms with van der Waals surface area (Å²) >= 11 is 0. The topological polar surface area (TPSA) is 51.2 Å². The van der Waals surface area contributed by atoms with Crippen LogP contribution in [0.15, 0.2) is 36.7 Å². The molecule has 0 atom stereocenters. The number of benzene rings is 1. The predicted octanol–water partition coefficient (Wildman–Crippen LogP) is 3.19. The van der Waals surface area contributed by atoms with E-state index in [1.54, 1.807) is 12.4 Å². The van der Waals surface area contributed by atoms with E-state index >= 15 is 0 Å². The van der Waals surface area contributed by atoms with E-state index in [0.717, 1.165) is 10.8 Å². The monoisotopic (exact) mass is 230 g/mol. The first-order chi connectivity index (χ1) is 8.16. The van der Waals surface area contributed by atoms with Crippen LogP contribution >= 0.6 is 0 Å². The van der Waals surface area contributed by atoms with Gasteiger partial charge in [0, 0.05) is 17.8 Å². The van der Waals surface area contributed by atoms with Crippen molar-refractivity contribution in [1.29, 1.82) is 0 Å². The van der Waals surface area contributed by atoms with E-state index in [-0.39, 0.29) is 6.10 Å². The summed E-state index contributed by atoms with van der Waals surface area (Å²) in [5.74, 6) is 0. The van der Waals surface area contributed by atoms with Gasteiger partial charge >= 0.3 is 6.09 Å². The Balaban J connectivity index is 2.27. The van der Waals surface area contributed by atoms with Crippen molar-refractivity contribution in [1.82, 2.24) is 4.98 Å². The maximum atomic E-state index is 11.5. The Morgan fingerprint density at radius 2 is 2.18 bits per heavy atom. The number of nitrogens with one attached hydrogen (secondary N) is 1. The van der Waals surface area contributed by atoms with Gasteiger partial charge in [-0.25, -0.2) is 4.79 Å². The number of fused-ring (bicyclic) bond motifs is 1. The third-order valence-electron chi connectivity index (χ3n) is 2.26. The Morgan fingerprint density at radius 3 is 2.94 bits per heavy atom. The Morgan fingerprint density at radius 1 is 1.35 bits per heavy atom. The summed E-state index contributed by atoms with van der Waals surface area (Å²) in [5.41, 5.74) is 0.709. The van der Waals surface area contributed by atoms with Crippen molar-refractivity contribution < 1.29 is 9.53 Å². The zero-order valence-corrected chi connectivity index (χ0v) is 9.81. The lowest BCUT2D eigenvalue weighted by atomic mass is 10.1. The molecule has 0 saturated carbocycles. The molecule has 0 spiro atoms. The quantitative estimate of drug-likeness (QED) is 0.861. The van der Waals surface area contributed by atoms with E-state index in [4.69, 9.17) is 4.74 Å². The Hall–Kier alpha value is -2.10. The van der Waals surface area contributed by atoms with Crippen molar-refractivity contribution in [2.45, 2.75) is 20.0 Å². The highest BCUT2D eigenvalue weighted by Gasteiger charge is 2.07. The second-order valence-electron chi connectivity index (χ2n) is 3.98. The zero-order valence-electron chi connectivity index (χ0n) is 9.81. The number of nitrogens with zero attached hydrogens (tertiary/aromatic N) is 1. The third kappa shape index (κ3) is 2.72. The van der Waals surface area contributed by atoms with Crippen molar-refractivity contribution >= 4 is 22.6 Å². The van der Waals surface area contributed by atoms with Crippen LogP contribution in [0.4, 0.5) is 10.5 Å². The van der Waals surface area contributed by atoms with E-state index < -0.39 is 6.09 Å². The standard InChI is InChI=1S/C13H14N2O2/c1-9(2)17-13(16)15-12-5-3-4-10-6-7-14-8-11(10)12/h3-9H,1-2H3,(H,15,16). The molecule has 1 heterocycles. The smallest absolute Gasteiger partial charge is 0.411 e. The van der Waals surface area contributed by atoms with Crippen LogP contribution in [0.2, 0.25) is 0 Å². The minimum Gasteiger partial charge on any atom is -0.447 e. The summed E-state index contributed by atoms with van der Waals surface area (Å²) in [6, 6.07) is 7.57. The summed E-state index contributed by atoms with van der Waals surface area (Å²) < 4.78 is 5.03. The van der Waals surface area contributed by atoms with Crippen molar-refractivity contribution in [3.8, 4) is 0 Å². The highest BCUT2D eigenvalue weighted by Crippen LogP contribution is 2.22. The van der Waals surface area contributed by atoms with Gasteiger partial charge in [-0.05, 0) is 31.4 Å². The molecular weight excluding hydrogens is 216 g/mol. The number of hydrogen-bond donors (Lipinski definition) is 1. The first-order valence-electron chi connectivity index (χ1n) is 5.47.